The number of hydrogen-bond donors (Lipinski definition) is 2. The van der Waals surface area contributed by atoms with Gasteiger partial charge < -0.3 is 15.6 Å². The van der Waals surface area contributed by atoms with Gasteiger partial charge in [0.05, 0.1) is 6.61 Å². The van der Waals surface area contributed by atoms with Crippen molar-refractivity contribution in [1.82, 2.24) is 0 Å². The van der Waals surface area contributed by atoms with Gasteiger partial charge in [-0.3, -0.25) is 4.79 Å². The van der Waals surface area contributed by atoms with Gasteiger partial charge in [0.1, 0.15) is 0 Å². The lowest BCUT2D eigenvalue weighted by Gasteiger charge is -2.07. The Morgan fingerprint density at radius 3 is 2.87 bits per heavy atom. The average molecular weight is 209 g/mol. The number of ether oxygens (including phenoxy) is 1. The summed E-state index contributed by atoms with van der Waals surface area (Å²) in [5.74, 6) is 0.333. The van der Waals surface area contributed by atoms with E-state index in [0.717, 1.165) is 0 Å². The second-order valence-electron chi connectivity index (χ2n) is 3.08. The molecule has 0 aromatic heterocycles. The summed E-state index contributed by atoms with van der Waals surface area (Å²) in [5.41, 5.74) is 5.81. The second kappa shape index (κ2) is 5.36. The molecule has 0 bridgehead atoms. The van der Waals surface area contributed by atoms with Gasteiger partial charge in [0, 0.05) is 12.0 Å². The molecular weight excluding hydrogens is 194 g/mol. The summed E-state index contributed by atoms with van der Waals surface area (Å²) >= 11 is 0. The molecule has 82 valence electrons. The fourth-order valence-corrected chi connectivity index (χ4v) is 1.23. The summed E-state index contributed by atoms with van der Waals surface area (Å²) in [6, 6.07) is 4.56. The molecule has 4 nitrogen and oxygen atoms in total. The van der Waals surface area contributed by atoms with Gasteiger partial charge in [-0.1, -0.05) is 0 Å². The van der Waals surface area contributed by atoms with Crippen LogP contribution in [0.4, 0.5) is 0 Å². The maximum Gasteiger partial charge on any atom is 0.164 e. The molecule has 0 saturated carbocycles. The van der Waals surface area contributed by atoms with Gasteiger partial charge in [-0.15, -0.1) is 0 Å². The van der Waals surface area contributed by atoms with E-state index in [2.05, 4.69) is 0 Å². The van der Waals surface area contributed by atoms with Crippen LogP contribution in [0.1, 0.15) is 23.7 Å². The van der Waals surface area contributed by atoms with E-state index in [1.165, 1.54) is 12.1 Å². The van der Waals surface area contributed by atoms with Crippen molar-refractivity contribution < 1.29 is 14.6 Å². The molecule has 0 atom stereocenters. The highest BCUT2D eigenvalue weighted by molar-refractivity contribution is 5.96. The lowest BCUT2D eigenvalue weighted by atomic mass is 10.1. The lowest BCUT2D eigenvalue weighted by Crippen LogP contribution is -2.08. The van der Waals surface area contributed by atoms with E-state index < -0.39 is 0 Å². The Labute approximate surface area is 88.7 Å². The van der Waals surface area contributed by atoms with Gasteiger partial charge in [-0.25, -0.2) is 0 Å². The van der Waals surface area contributed by atoms with Crippen molar-refractivity contribution >= 4 is 5.78 Å². The van der Waals surface area contributed by atoms with Crippen molar-refractivity contribution in [2.24, 2.45) is 5.73 Å². The number of aromatic hydroxyl groups is 1. The summed E-state index contributed by atoms with van der Waals surface area (Å²) in [5, 5.41) is 9.42. The van der Waals surface area contributed by atoms with Crippen molar-refractivity contribution in [2.75, 3.05) is 13.2 Å². The Hall–Kier alpha value is -1.55. The molecule has 1 aromatic rings. The Bertz CT molecular complexity index is 350. The van der Waals surface area contributed by atoms with Crippen molar-refractivity contribution in [3.05, 3.63) is 23.8 Å². The number of nitrogens with two attached hydrogens (primary N) is 1. The van der Waals surface area contributed by atoms with Gasteiger partial charge in [0.15, 0.2) is 17.3 Å². The maximum atomic E-state index is 11.5. The first-order valence-electron chi connectivity index (χ1n) is 4.88. The van der Waals surface area contributed by atoms with Crippen LogP contribution >= 0.6 is 0 Å². The van der Waals surface area contributed by atoms with Crippen LogP contribution in [0.3, 0.4) is 0 Å². The predicted molar refractivity (Wildman–Crippen MR) is 57.3 cm³/mol. The topological polar surface area (TPSA) is 72.5 Å². The van der Waals surface area contributed by atoms with Gasteiger partial charge in [-0.05, 0) is 31.7 Å². The summed E-state index contributed by atoms with van der Waals surface area (Å²) < 4.78 is 5.17. The van der Waals surface area contributed by atoms with Crippen LogP contribution in [-0.4, -0.2) is 24.0 Å². The van der Waals surface area contributed by atoms with Gasteiger partial charge >= 0.3 is 0 Å². The highest BCUT2D eigenvalue weighted by Crippen LogP contribution is 2.27. The first-order valence-corrected chi connectivity index (χ1v) is 4.88. The number of phenols is 1. The second-order valence-corrected chi connectivity index (χ2v) is 3.08. The Morgan fingerprint density at radius 2 is 2.27 bits per heavy atom. The Morgan fingerprint density at radius 1 is 1.53 bits per heavy atom. The summed E-state index contributed by atoms with van der Waals surface area (Å²) in [6.07, 6.45) is 0.302. The molecule has 0 amide bonds. The number of hydrogen-bond acceptors (Lipinski definition) is 4. The van der Waals surface area contributed by atoms with Crippen molar-refractivity contribution in [3.8, 4) is 11.5 Å². The van der Waals surface area contributed by atoms with Crippen molar-refractivity contribution in [1.29, 1.82) is 0 Å². The third kappa shape index (κ3) is 2.95. The molecule has 15 heavy (non-hydrogen) atoms. The maximum absolute atomic E-state index is 11.5. The molecule has 1 rings (SSSR count). The molecule has 0 aliphatic carbocycles. The van der Waals surface area contributed by atoms with Crippen LogP contribution in [0.15, 0.2) is 18.2 Å². The van der Waals surface area contributed by atoms with Crippen molar-refractivity contribution in [3.63, 3.8) is 0 Å². The summed E-state index contributed by atoms with van der Waals surface area (Å²) in [7, 11) is 0. The zero-order valence-electron chi connectivity index (χ0n) is 8.69. The zero-order chi connectivity index (χ0) is 11.3. The fraction of sp³-hybridized carbons (Fsp3) is 0.364. The minimum absolute atomic E-state index is 0.0427. The Kier molecular flexibility index (Phi) is 4.12. The standard InChI is InChI=1S/C11H15NO3/c1-2-15-11-7-8(3-4-10(11)14)9(13)5-6-12/h3-4,7,14H,2,5-6,12H2,1H3. The first-order chi connectivity index (χ1) is 7.19. The molecule has 0 aliphatic rings. The average Bonchev–Trinajstić information content (AvgIpc) is 2.22. The minimum atomic E-state index is -0.0431. The largest absolute Gasteiger partial charge is 0.504 e. The smallest absolute Gasteiger partial charge is 0.164 e. The van der Waals surface area contributed by atoms with Gasteiger partial charge in [0.2, 0.25) is 0 Å². The third-order valence-electron chi connectivity index (χ3n) is 1.95. The van der Waals surface area contributed by atoms with Crippen LogP contribution in [0.2, 0.25) is 0 Å². The van der Waals surface area contributed by atoms with E-state index in [1.807, 2.05) is 6.92 Å². The van der Waals surface area contributed by atoms with Crippen LogP contribution in [-0.2, 0) is 0 Å². The number of carbonyl (C=O) groups is 1. The number of phenolic OH excluding ortho intramolecular Hbond substituents is 1. The molecule has 0 saturated heterocycles. The highest BCUT2D eigenvalue weighted by Gasteiger charge is 2.09. The third-order valence-corrected chi connectivity index (χ3v) is 1.95. The van der Waals surface area contributed by atoms with E-state index in [4.69, 9.17) is 10.5 Å². The first kappa shape index (κ1) is 11.5. The molecule has 0 fully saturated rings. The van der Waals surface area contributed by atoms with Gasteiger partial charge in [-0.2, -0.15) is 0 Å². The van der Waals surface area contributed by atoms with E-state index in [9.17, 15) is 9.90 Å². The number of Topliss-reactive ketones (excluding diaryl/α,β-unsaturated/α-hetero) is 1. The normalized spacial score (nSPS) is 10.0. The molecule has 0 aliphatic heterocycles. The molecule has 3 N–H and O–H groups in total. The predicted octanol–water partition coefficient (Wildman–Crippen LogP) is 1.32. The molecule has 4 heteroatoms. The van der Waals surface area contributed by atoms with Crippen LogP contribution in [0, 0.1) is 0 Å². The van der Waals surface area contributed by atoms with Crippen LogP contribution in [0.5, 0.6) is 11.5 Å². The molecule has 0 radical (unpaired) electrons. The number of carbonyl (C=O) groups excluding carboxylic acids is 1. The highest BCUT2D eigenvalue weighted by atomic mass is 16.5. The minimum Gasteiger partial charge on any atom is -0.504 e. The molecule has 0 spiro atoms. The van der Waals surface area contributed by atoms with E-state index in [0.29, 0.717) is 30.9 Å². The van der Waals surface area contributed by atoms with E-state index in [1.54, 1.807) is 6.07 Å². The summed E-state index contributed by atoms with van der Waals surface area (Å²) in [4.78, 5) is 11.5. The number of benzene rings is 1. The summed E-state index contributed by atoms with van der Waals surface area (Å²) in [6.45, 7) is 2.58. The molecule has 0 heterocycles. The van der Waals surface area contributed by atoms with Gasteiger partial charge in [0.25, 0.3) is 0 Å². The molecule has 0 unspecified atom stereocenters. The van der Waals surface area contributed by atoms with Crippen LogP contribution in [0.25, 0.3) is 0 Å². The molecule has 1 aromatic carbocycles. The SMILES string of the molecule is CCOc1cc(C(=O)CCN)ccc1O. The fourth-order valence-electron chi connectivity index (χ4n) is 1.23. The number of rotatable bonds is 5. The zero-order valence-corrected chi connectivity index (χ0v) is 8.69. The Balaban J connectivity index is 2.91. The van der Waals surface area contributed by atoms with E-state index in [-0.39, 0.29) is 11.5 Å². The molecular formula is C11H15NO3. The van der Waals surface area contributed by atoms with Crippen LogP contribution < -0.4 is 10.5 Å². The van der Waals surface area contributed by atoms with E-state index >= 15 is 0 Å². The monoisotopic (exact) mass is 209 g/mol. The lowest BCUT2D eigenvalue weighted by molar-refractivity contribution is 0.0985. The quantitative estimate of drug-likeness (QED) is 0.717. The number of ketones is 1. The van der Waals surface area contributed by atoms with Crippen molar-refractivity contribution in [2.45, 2.75) is 13.3 Å².